The van der Waals surface area contributed by atoms with Crippen LogP contribution in [0.25, 0.3) is 11.0 Å². The number of H-pyrrole nitrogens is 1. The van der Waals surface area contributed by atoms with Crippen LogP contribution in [0.5, 0.6) is 11.6 Å². The normalized spacial score (nSPS) is 13.7. The second-order valence-electron chi connectivity index (χ2n) is 9.23. The van der Waals surface area contributed by atoms with E-state index in [2.05, 4.69) is 49.0 Å². The van der Waals surface area contributed by atoms with Crippen molar-refractivity contribution in [2.24, 2.45) is 0 Å². The minimum Gasteiger partial charge on any atom is -0.438 e. The zero-order valence-corrected chi connectivity index (χ0v) is 23.3. The zero-order valence-electron chi connectivity index (χ0n) is 22.5. The summed E-state index contributed by atoms with van der Waals surface area (Å²) in [7, 11) is -1.60. The maximum absolute atomic E-state index is 15.0. The quantitative estimate of drug-likeness (QED) is 0.185. The van der Waals surface area contributed by atoms with Crippen molar-refractivity contribution >= 4 is 50.1 Å². The number of amides is 1. The molecule has 12 nitrogen and oxygen atoms in total. The minimum absolute atomic E-state index is 0.253. The molecule has 0 saturated carbocycles. The lowest BCUT2D eigenvalue weighted by molar-refractivity contribution is -0.111. The van der Waals surface area contributed by atoms with Crippen LogP contribution in [0.1, 0.15) is 0 Å². The second kappa shape index (κ2) is 12.8. The molecule has 41 heavy (non-hydrogen) atoms. The average molecular weight is 584 g/mol. The van der Waals surface area contributed by atoms with E-state index < -0.39 is 10.1 Å². The monoisotopic (exact) mass is 583 g/mol. The number of fused-ring (bicyclic) bond motifs is 1. The number of piperazine rings is 1. The molecule has 1 aliphatic heterocycles. The Bertz CT molecular complexity index is 1650. The van der Waals surface area contributed by atoms with Crippen molar-refractivity contribution in [1.29, 1.82) is 0 Å². The number of carbonyl (C=O) groups is 1. The Balaban J connectivity index is 0.000000714. The number of nitrogens with one attached hydrogen (secondary N) is 3. The number of hydrogen-bond acceptors (Lipinski definition) is 9. The fourth-order valence-corrected chi connectivity index (χ4v) is 4.01. The molecule has 2 aromatic heterocycles. The molecule has 3 heterocycles. The predicted octanol–water partition coefficient (Wildman–Crippen LogP) is 4.01. The molecule has 1 amide bonds. The minimum atomic E-state index is -3.67. The van der Waals surface area contributed by atoms with Gasteiger partial charge >= 0.3 is 0 Å². The van der Waals surface area contributed by atoms with E-state index in [9.17, 15) is 17.6 Å². The molecule has 0 unspecified atom stereocenters. The summed E-state index contributed by atoms with van der Waals surface area (Å²) in [6, 6.07) is 13.8. The van der Waals surface area contributed by atoms with Gasteiger partial charge in [0.05, 0.1) is 17.3 Å². The largest absolute Gasteiger partial charge is 0.438 e. The lowest BCUT2D eigenvalue weighted by Crippen LogP contribution is -2.44. The highest BCUT2D eigenvalue weighted by Gasteiger charge is 2.18. The van der Waals surface area contributed by atoms with E-state index in [0.29, 0.717) is 46.0 Å². The van der Waals surface area contributed by atoms with Crippen molar-refractivity contribution in [2.45, 2.75) is 0 Å². The highest BCUT2D eigenvalue weighted by Crippen LogP contribution is 2.31. The van der Waals surface area contributed by atoms with Crippen LogP contribution >= 0.6 is 0 Å². The number of aromatic nitrogens is 3. The van der Waals surface area contributed by atoms with Crippen LogP contribution < -0.4 is 20.3 Å². The number of carbonyl (C=O) groups excluding carboxylic acids is 1. The molecule has 4 N–H and O–H groups in total. The van der Waals surface area contributed by atoms with Crippen molar-refractivity contribution in [3.63, 3.8) is 0 Å². The molecule has 0 atom stereocenters. The highest BCUT2D eigenvalue weighted by atomic mass is 32.2. The maximum atomic E-state index is 15.0. The molecule has 1 fully saturated rings. The standard InChI is InChI=1S/C26H26FN7O2.CH4O3S/c1-3-23(35)29-17-5-4-6-19(15-17)36-25-20-9-10-28-24(20)31-26(32-25)30-18-7-8-22(21(27)16-18)34-13-11-33(2)12-14-34;1-5(2,3)4/h3-10,15-16H,1,11-14H2,2H3,(H,29,35)(H2,28,30,31,32);1H3,(H,2,3,4). The number of rotatable bonds is 7. The Morgan fingerprint density at radius 2 is 1.85 bits per heavy atom. The first-order valence-corrected chi connectivity index (χ1v) is 14.3. The van der Waals surface area contributed by atoms with Gasteiger partial charge in [0.1, 0.15) is 17.2 Å². The number of benzene rings is 2. The summed E-state index contributed by atoms with van der Waals surface area (Å²) in [4.78, 5) is 28.0. The maximum Gasteiger partial charge on any atom is 0.261 e. The smallest absolute Gasteiger partial charge is 0.261 e. The molecular formula is C27H30FN7O5S. The van der Waals surface area contributed by atoms with E-state index in [-0.39, 0.29) is 17.7 Å². The number of anilines is 4. The van der Waals surface area contributed by atoms with Crippen molar-refractivity contribution in [1.82, 2.24) is 19.9 Å². The number of likely N-dealkylation sites (N-methyl/N-ethyl adjacent to an activating group) is 1. The van der Waals surface area contributed by atoms with E-state index in [1.807, 2.05) is 12.1 Å². The van der Waals surface area contributed by atoms with E-state index in [4.69, 9.17) is 9.29 Å². The molecule has 2 aromatic carbocycles. The van der Waals surface area contributed by atoms with Gasteiger partial charge in [-0.15, -0.1) is 0 Å². The van der Waals surface area contributed by atoms with Gasteiger partial charge in [-0.05, 0) is 49.5 Å². The van der Waals surface area contributed by atoms with Gasteiger partial charge in [0.25, 0.3) is 10.1 Å². The molecule has 1 saturated heterocycles. The second-order valence-corrected chi connectivity index (χ2v) is 10.7. The van der Waals surface area contributed by atoms with Crippen LogP contribution in [0.3, 0.4) is 0 Å². The molecule has 0 spiro atoms. The summed E-state index contributed by atoms with van der Waals surface area (Å²) in [5.74, 6) is 0.416. The van der Waals surface area contributed by atoms with Gasteiger partial charge in [-0.1, -0.05) is 12.6 Å². The predicted molar refractivity (Wildman–Crippen MR) is 156 cm³/mol. The Hall–Kier alpha value is -4.53. The molecule has 14 heteroatoms. The third-order valence-electron chi connectivity index (χ3n) is 5.93. The summed E-state index contributed by atoms with van der Waals surface area (Å²) < 4.78 is 46.9. The Kier molecular flexibility index (Phi) is 9.17. The van der Waals surface area contributed by atoms with Gasteiger partial charge in [0.2, 0.25) is 17.7 Å². The molecule has 0 aliphatic carbocycles. The van der Waals surface area contributed by atoms with E-state index >= 15 is 0 Å². The fourth-order valence-electron chi connectivity index (χ4n) is 4.01. The molecule has 0 bridgehead atoms. The van der Waals surface area contributed by atoms with E-state index in [0.717, 1.165) is 26.2 Å². The summed E-state index contributed by atoms with van der Waals surface area (Å²) in [5, 5.41) is 6.46. The summed E-state index contributed by atoms with van der Waals surface area (Å²) in [6.45, 7) is 6.82. The Morgan fingerprint density at radius 3 is 2.54 bits per heavy atom. The van der Waals surface area contributed by atoms with Crippen LogP contribution in [0.15, 0.2) is 67.4 Å². The van der Waals surface area contributed by atoms with Crippen molar-refractivity contribution < 1.29 is 26.9 Å². The molecule has 1 aliphatic rings. The highest BCUT2D eigenvalue weighted by molar-refractivity contribution is 7.85. The van der Waals surface area contributed by atoms with Gasteiger partial charge in [-0.25, -0.2) is 4.39 Å². The van der Waals surface area contributed by atoms with Gasteiger partial charge in [0.15, 0.2) is 0 Å². The zero-order chi connectivity index (χ0) is 29.6. The third kappa shape index (κ3) is 8.48. The van der Waals surface area contributed by atoms with E-state index in [1.165, 1.54) is 12.1 Å². The number of aromatic amines is 1. The molecule has 5 rings (SSSR count). The number of nitrogens with zero attached hydrogens (tertiary/aromatic N) is 4. The van der Waals surface area contributed by atoms with Crippen molar-refractivity contribution in [3.05, 3.63) is 73.2 Å². The first kappa shape index (κ1) is 29.5. The van der Waals surface area contributed by atoms with Crippen molar-refractivity contribution in [2.75, 3.05) is 55.0 Å². The molecule has 4 aromatic rings. The average Bonchev–Trinajstić information content (AvgIpc) is 3.38. The third-order valence-corrected chi connectivity index (χ3v) is 5.93. The summed E-state index contributed by atoms with van der Waals surface area (Å²) in [5.41, 5.74) is 2.23. The van der Waals surface area contributed by atoms with Crippen LogP contribution in [-0.4, -0.2) is 78.2 Å². The fraction of sp³-hybridized carbons (Fsp3) is 0.222. The summed E-state index contributed by atoms with van der Waals surface area (Å²) in [6.07, 6.45) is 3.65. The lowest BCUT2D eigenvalue weighted by atomic mass is 10.2. The van der Waals surface area contributed by atoms with Gasteiger partial charge < -0.3 is 30.2 Å². The SMILES string of the molecule is C=CC(=O)Nc1cccc(Oc2nc(Nc3ccc(N4CCN(C)CC4)c(F)c3)nc3[nH]ccc23)c1.CS(=O)(=O)O. The van der Waals surface area contributed by atoms with Gasteiger partial charge in [-0.2, -0.15) is 18.4 Å². The lowest BCUT2D eigenvalue weighted by Gasteiger charge is -2.34. The van der Waals surface area contributed by atoms with Gasteiger partial charge in [-0.3, -0.25) is 9.35 Å². The molecule has 216 valence electrons. The van der Waals surface area contributed by atoms with Crippen LogP contribution in [0.4, 0.5) is 27.4 Å². The van der Waals surface area contributed by atoms with Crippen LogP contribution in [0, 0.1) is 5.82 Å². The van der Waals surface area contributed by atoms with Crippen molar-refractivity contribution in [3.8, 4) is 11.6 Å². The Morgan fingerprint density at radius 1 is 1.12 bits per heavy atom. The first-order valence-electron chi connectivity index (χ1n) is 12.5. The Labute approximate surface area is 236 Å². The summed E-state index contributed by atoms with van der Waals surface area (Å²) >= 11 is 0. The van der Waals surface area contributed by atoms with Gasteiger partial charge in [0, 0.05) is 49.8 Å². The number of halogens is 1. The number of hydrogen-bond donors (Lipinski definition) is 4. The van der Waals surface area contributed by atoms with Crippen LogP contribution in [-0.2, 0) is 14.9 Å². The molecular weight excluding hydrogens is 553 g/mol. The van der Waals surface area contributed by atoms with Crippen LogP contribution in [0.2, 0.25) is 0 Å². The molecule has 0 radical (unpaired) electrons. The number of ether oxygens (including phenoxy) is 1. The van der Waals surface area contributed by atoms with E-state index in [1.54, 1.807) is 36.5 Å². The topological polar surface area (TPSA) is 153 Å². The first-order chi connectivity index (χ1) is 19.5.